The van der Waals surface area contributed by atoms with E-state index in [9.17, 15) is 9.90 Å². The van der Waals surface area contributed by atoms with Crippen LogP contribution in [0.5, 0.6) is 5.75 Å². The fourth-order valence-corrected chi connectivity index (χ4v) is 2.20. The van der Waals surface area contributed by atoms with E-state index in [1.54, 1.807) is 24.3 Å². The Bertz CT molecular complexity index is 684. The van der Waals surface area contributed by atoms with Crippen molar-refractivity contribution >= 4 is 28.9 Å². The minimum Gasteiger partial charge on any atom is -0.507 e. The lowest BCUT2D eigenvalue weighted by Crippen LogP contribution is -2.06. The second-order valence-electron chi connectivity index (χ2n) is 4.00. The molecule has 0 bridgehead atoms. The van der Waals surface area contributed by atoms with Crippen LogP contribution in [0.15, 0.2) is 37.4 Å². The molecule has 2 aromatic carbocycles. The molecule has 1 N–H and O–H groups in total. The van der Waals surface area contributed by atoms with Crippen molar-refractivity contribution < 1.29 is 14.6 Å². The van der Waals surface area contributed by atoms with Crippen molar-refractivity contribution in [2.24, 2.45) is 0 Å². The molecule has 0 saturated carbocycles. The van der Waals surface area contributed by atoms with Crippen LogP contribution in [0.4, 0.5) is 0 Å². The summed E-state index contributed by atoms with van der Waals surface area (Å²) in [5.74, 6) is -0.373. The van der Waals surface area contributed by atoms with Crippen molar-refractivity contribution in [1.82, 2.24) is 0 Å². The summed E-state index contributed by atoms with van der Waals surface area (Å²) in [6, 6.07) is 7.11. The molecule has 0 fully saturated rings. The Morgan fingerprint density at radius 2 is 1.62 bits per heavy atom. The predicted octanol–water partition coefficient (Wildman–Crippen LogP) is 4.64. The van der Waals surface area contributed by atoms with Gasteiger partial charge in [-0.2, -0.15) is 0 Å². The molecule has 0 unspecified atom stereocenters. The van der Waals surface area contributed by atoms with Crippen molar-refractivity contribution in [3.8, 4) is 5.75 Å². The molecule has 0 heterocycles. The molecule has 3 nitrogen and oxygen atoms in total. The summed E-state index contributed by atoms with van der Waals surface area (Å²) in [4.78, 5) is 12.0. The number of esters is 1. The maximum absolute atomic E-state index is 12.0. The Balaban J connectivity index is 0.00000106. The first-order valence-corrected chi connectivity index (χ1v) is 6.76. The largest absolute Gasteiger partial charge is 0.507 e. The highest BCUT2D eigenvalue weighted by atomic mass is 16.5. The maximum Gasteiger partial charge on any atom is 0.339 e. The highest BCUT2D eigenvalue weighted by Crippen LogP contribution is 2.37. The number of phenolic OH excluding ortho intramolecular Hbond substituents is 1. The Morgan fingerprint density at radius 3 is 2.10 bits per heavy atom. The summed E-state index contributed by atoms with van der Waals surface area (Å²) < 4.78 is 4.82. The number of carbonyl (C=O) groups is 1. The topological polar surface area (TPSA) is 46.5 Å². The Labute approximate surface area is 125 Å². The van der Waals surface area contributed by atoms with Gasteiger partial charge in [-0.25, -0.2) is 4.79 Å². The number of aromatic hydroxyl groups is 1. The molecule has 2 rings (SSSR count). The molecule has 2 aromatic rings. The van der Waals surface area contributed by atoms with Crippen LogP contribution in [0.2, 0.25) is 0 Å². The van der Waals surface area contributed by atoms with Crippen LogP contribution in [0.25, 0.3) is 22.9 Å². The molecule has 0 amide bonds. The minimum atomic E-state index is -0.464. The van der Waals surface area contributed by atoms with Gasteiger partial charge in [0.15, 0.2) is 0 Å². The van der Waals surface area contributed by atoms with Crippen LogP contribution >= 0.6 is 0 Å². The number of ether oxygens (including phenoxy) is 1. The van der Waals surface area contributed by atoms with Crippen LogP contribution in [-0.4, -0.2) is 18.2 Å². The lowest BCUT2D eigenvalue weighted by atomic mass is 9.92. The number of hydrogen-bond donors (Lipinski definition) is 1. The molecule has 0 aliphatic carbocycles. The van der Waals surface area contributed by atoms with E-state index >= 15 is 0 Å². The van der Waals surface area contributed by atoms with E-state index < -0.39 is 5.97 Å². The van der Waals surface area contributed by atoms with Gasteiger partial charge in [0, 0.05) is 16.3 Å². The predicted molar refractivity (Wildman–Crippen MR) is 88.5 cm³/mol. The van der Waals surface area contributed by atoms with Gasteiger partial charge >= 0.3 is 5.97 Å². The van der Waals surface area contributed by atoms with E-state index in [1.165, 1.54) is 19.3 Å². The summed E-state index contributed by atoms with van der Waals surface area (Å²) in [5, 5.41) is 11.5. The number of hydrogen-bond acceptors (Lipinski definition) is 3. The SMILES string of the molecule is C=Cc1c(C=C)c(C(=O)OC)c2ccccc2c1O.CC. The van der Waals surface area contributed by atoms with E-state index in [0.29, 0.717) is 27.5 Å². The average Bonchev–Trinajstić information content (AvgIpc) is 2.55. The van der Waals surface area contributed by atoms with Crippen LogP contribution in [0.3, 0.4) is 0 Å². The number of phenols is 1. The molecule has 0 aliphatic heterocycles. The zero-order valence-corrected chi connectivity index (χ0v) is 12.6. The molecule has 0 aliphatic rings. The van der Waals surface area contributed by atoms with Crippen LogP contribution in [0.1, 0.15) is 35.3 Å². The normalized spacial score (nSPS) is 9.48. The summed E-state index contributed by atoms with van der Waals surface area (Å²) >= 11 is 0. The Hall–Kier alpha value is -2.55. The summed E-state index contributed by atoms with van der Waals surface area (Å²) in [7, 11) is 1.32. The number of rotatable bonds is 3. The summed E-state index contributed by atoms with van der Waals surface area (Å²) in [6.07, 6.45) is 3.03. The fraction of sp³-hybridized carbons (Fsp3) is 0.167. The van der Waals surface area contributed by atoms with Gasteiger partial charge < -0.3 is 9.84 Å². The van der Waals surface area contributed by atoms with Crippen molar-refractivity contribution in [2.75, 3.05) is 7.11 Å². The summed E-state index contributed by atoms with van der Waals surface area (Å²) in [6.45, 7) is 11.4. The lowest BCUT2D eigenvalue weighted by Gasteiger charge is -2.14. The first-order valence-electron chi connectivity index (χ1n) is 6.76. The third-order valence-electron chi connectivity index (χ3n) is 3.06. The second kappa shape index (κ2) is 7.29. The average molecular weight is 284 g/mol. The zero-order chi connectivity index (χ0) is 16.0. The van der Waals surface area contributed by atoms with Gasteiger partial charge in [0.1, 0.15) is 5.75 Å². The van der Waals surface area contributed by atoms with Gasteiger partial charge in [0.2, 0.25) is 0 Å². The minimum absolute atomic E-state index is 0.0909. The lowest BCUT2D eigenvalue weighted by molar-refractivity contribution is 0.0603. The monoisotopic (exact) mass is 284 g/mol. The molecule has 0 saturated heterocycles. The molecule has 0 radical (unpaired) electrons. The van der Waals surface area contributed by atoms with Crippen LogP contribution < -0.4 is 0 Å². The number of methoxy groups -OCH3 is 1. The quantitative estimate of drug-likeness (QED) is 0.835. The first kappa shape index (κ1) is 16.5. The molecule has 0 spiro atoms. The Morgan fingerprint density at radius 1 is 1.10 bits per heavy atom. The number of benzene rings is 2. The first-order chi connectivity index (χ1) is 10.2. The summed E-state index contributed by atoms with van der Waals surface area (Å²) in [5.41, 5.74) is 1.40. The highest BCUT2D eigenvalue weighted by molar-refractivity contribution is 6.11. The standard InChI is InChI=1S/C16H14O3.C2H6/c1-4-10-11(5-2)15(17)13-9-7-6-8-12(13)14(10)16(18)19-3;1-2/h4-9,17H,1-2H2,3H3;1-2H3. The van der Waals surface area contributed by atoms with Gasteiger partial charge in [-0.15, -0.1) is 0 Å². The molecule has 0 atom stereocenters. The van der Waals surface area contributed by atoms with E-state index in [1.807, 2.05) is 13.8 Å². The molecular weight excluding hydrogens is 264 g/mol. The van der Waals surface area contributed by atoms with Gasteiger partial charge in [0.05, 0.1) is 12.7 Å². The van der Waals surface area contributed by atoms with Crippen LogP contribution in [-0.2, 0) is 4.74 Å². The van der Waals surface area contributed by atoms with Crippen LogP contribution in [0, 0.1) is 0 Å². The molecule has 0 aromatic heterocycles. The molecule has 110 valence electrons. The van der Waals surface area contributed by atoms with Gasteiger partial charge in [-0.1, -0.05) is 63.4 Å². The third-order valence-corrected chi connectivity index (χ3v) is 3.06. The van der Waals surface area contributed by atoms with E-state index in [2.05, 4.69) is 13.2 Å². The smallest absolute Gasteiger partial charge is 0.339 e. The van der Waals surface area contributed by atoms with E-state index in [4.69, 9.17) is 4.74 Å². The van der Waals surface area contributed by atoms with Gasteiger partial charge in [-0.3, -0.25) is 0 Å². The Kier molecular flexibility index (Phi) is 5.73. The third kappa shape index (κ3) is 2.82. The van der Waals surface area contributed by atoms with Crippen molar-refractivity contribution in [1.29, 1.82) is 0 Å². The molecular formula is C18H20O3. The second-order valence-corrected chi connectivity index (χ2v) is 4.00. The number of carbonyl (C=O) groups excluding carboxylic acids is 1. The highest BCUT2D eigenvalue weighted by Gasteiger charge is 2.20. The molecule has 21 heavy (non-hydrogen) atoms. The van der Waals surface area contributed by atoms with Crippen molar-refractivity contribution in [3.63, 3.8) is 0 Å². The van der Waals surface area contributed by atoms with Gasteiger partial charge in [-0.05, 0) is 5.56 Å². The maximum atomic E-state index is 12.0. The molecule has 3 heteroatoms. The van der Waals surface area contributed by atoms with E-state index in [0.717, 1.165) is 0 Å². The fourth-order valence-electron chi connectivity index (χ4n) is 2.20. The number of fused-ring (bicyclic) bond motifs is 1. The van der Waals surface area contributed by atoms with Crippen molar-refractivity contribution in [2.45, 2.75) is 13.8 Å². The van der Waals surface area contributed by atoms with E-state index in [-0.39, 0.29) is 5.75 Å². The van der Waals surface area contributed by atoms with Crippen molar-refractivity contribution in [3.05, 3.63) is 54.1 Å². The van der Waals surface area contributed by atoms with Gasteiger partial charge in [0.25, 0.3) is 0 Å². The zero-order valence-electron chi connectivity index (χ0n) is 12.6.